The molecule has 0 unspecified atom stereocenters. The van der Waals surface area contributed by atoms with Crippen LogP contribution in [0, 0.1) is 0 Å². The van der Waals surface area contributed by atoms with E-state index >= 15 is 0 Å². The summed E-state index contributed by atoms with van der Waals surface area (Å²) in [6.45, 7) is 0.391. The van der Waals surface area contributed by atoms with Gasteiger partial charge in [0.15, 0.2) is 0 Å². The minimum Gasteiger partial charge on any atom is -0.495 e. The number of ether oxygens (including phenoxy) is 1. The molecule has 1 rings (SSSR count). The van der Waals surface area contributed by atoms with E-state index in [1.165, 1.54) is 13.2 Å². The van der Waals surface area contributed by atoms with Crippen molar-refractivity contribution in [2.45, 2.75) is 11.3 Å². The van der Waals surface area contributed by atoms with Gasteiger partial charge < -0.3 is 10.5 Å². The molecule has 0 heterocycles. The monoisotopic (exact) mass is 368 g/mol. The highest BCUT2D eigenvalue weighted by atomic mass is 79.9. The van der Waals surface area contributed by atoms with E-state index in [0.29, 0.717) is 16.7 Å². The van der Waals surface area contributed by atoms with Gasteiger partial charge in [0.1, 0.15) is 10.6 Å². The molecule has 0 saturated heterocycles. The molecule has 1 aromatic carbocycles. The summed E-state index contributed by atoms with van der Waals surface area (Å²) < 4.78 is 32.6. The molecule has 0 fully saturated rings. The van der Waals surface area contributed by atoms with Crippen molar-refractivity contribution in [3.63, 3.8) is 0 Å². The second-order valence-corrected chi connectivity index (χ2v) is 7.34. The molecule has 0 bridgehead atoms. The molecule has 0 radical (unpaired) electrons. The fourth-order valence-electron chi connectivity index (χ4n) is 1.42. The first kappa shape index (κ1) is 16.6. The number of nitrogen functional groups attached to an aromatic ring is 1. The zero-order valence-corrected chi connectivity index (χ0v) is 14.0. The van der Waals surface area contributed by atoms with E-state index in [2.05, 4.69) is 20.7 Å². The number of thioether (sulfide) groups is 1. The van der Waals surface area contributed by atoms with E-state index in [4.69, 9.17) is 10.5 Å². The second-order valence-electron chi connectivity index (χ2n) is 3.77. The van der Waals surface area contributed by atoms with Crippen LogP contribution in [0.2, 0.25) is 0 Å². The molecular weight excluding hydrogens is 352 g/mol. The van der Waals surface area contributed by atoms with E-state index in [-0.39, 0.29) is 10.6 Å². The van der Waals surface area contributed by atoms with Gasteiger partial charge in [-0.2, -0.15) is 11.8 Å². The Labute approximate surface area is 126 Å². The zero-order chi connectivity index (χ0) is 14.5. The number of sulfonamides is 1. The summed E-state index contributed by atoms with van der Waals surface area (Å²) in [4.78, 5) is 0.0554. The molecule has 0 atom stereocenters. The van der Waals surface area contributed by atoms with Crippen LogP contribution >= 0.6 is 27.7 Å². The molecule has 0 aliphatic carbocycles. The summed E-state index contributed by atoms with van der Waals surface area (Å²) in [5.74, 6) is 1.17. The standard InChI is InChI=1S/C11H17BrN2O3S2/c1-17-10-6-8(12)9(13)7-11(10)19(15,16)14-4-3-5-18-2/h6-7,14H,3-5,13H2,1-2H3. The van der Waals surface area contributed by atoms with Crippen molar-refractivity contribution in [3.8, 4) is 5.75 Å². The van der Waals surface area contributed by atoms with Crippen LogP contribution < -0.4 is 15.2 Å². The Morgan fingerprint density at radius 2 is 2.16 bits per heavy atom. The topological polar surface area (TPSA) is 81.4 Å². The van der Waals surface area contributed by atoms with Crippen molar-refractivity contribution < 1.29 is 13.2 Å². The van der Waals surface area contributed by atoms with Gasteiger partial charge in [-0.05, 0) is 46.5 Å². The van der Waals surface area contributed by atoms with Gasteiger partial charge in [0.2, 0.25) is 10.0 Å². The van der Waals surface area contributed by atoms with Gasteiger partial charge >= 0.3 is 0 Å². The smallest absolute Gasteiger partial charge is 0.244 e. The largest absolute Gasteiger partial charge is 0.495 e. The van der Waals surface area contributed by atoms with E-state index in [9.17, 15) is 8.42 Å². The summed E-state index contributed by atoms with van der Waals surface area (Å²) in [7, 11) is -2.19. The number of nitrogens with two attached hydrogens (primary N) is 1. The first-order valence-corrected chi connectivity index (χ1v) is 9.21. The molecule has 5 nitrogen and oxygen atoms in total. The fourth-order valence-corrected chi connectivity index (χ4v) is 3.43. The number of nitrogens with one attached hydrogen (secondary N) is 1. The summed E-state index contributed by atoms with van der Waals surface area (Å²) in [5, 5.41) is 0. The maximum absolute atomic E-state index is 12.2. The lowest BCUT2D eigenvalue weighted by molar-refractivity contribution is 0.402. The van der Waals surface area contributed by atoms with Crippen molar-refractivity contribution in [3.05, 3.63) is 16.6 Å². The Balaban J connectivity index is 2.97. The van der Waals surface area contributed by atoms with Gasteiger partial charge in [-0.25, -0.2) is 13.1 Å². The first-order chi connectivity index (χ1) is 8.92. The predicted octanol–water partition coefficient (Wildman–Crippen LogP) is 2.07. The normalized spacial score (nSPS) is 11.5. The molecule has 1 aromatic rings. The molecule has 0 spiro atoms. The van der Waals surface area contributed by atoms with E-state index in [0.717, 1.165) is 12.2 Å². The van der Waals surface area contributed by atoms with Gasteiger partial charge in [-0.1, -0.05) is 0 Å². The summed E-state index contributed by atoms with van der Waals surface area (Å²) >= 11 is 4.91. The Morgan fingerprint density at radius 3 is 2.74 bits per heavy atom. The van der Waals surface area contributed by atoms with Gasteiger partial charge in [-0.15, -0.1) is 0 Å². The van der Waals surface area contributed by atoms with Gasteiger partial charge in [0.05, 0.1) is 7.11 Å². The van der Waals surface area contributed by atoms with Crippen LogP contribution in [0.3, 0.4) is 0 Å². The lowest BCUT2D eigenvalue weighted by atomic mass is 10.3. The Kier molecular flexibility index (Phi) is 6.45. The van der Waals surface area contributed by atoms with Crippen LogP contribution in [0.25, 0.3) is 0 Å². The SMILES string of the molecule is COc1cc(Br)c(N)cc1S(=O)(=O)NCCCSC. The van der Waals surface area contributed by atoms with Gasteiger partial charge in [-0.3, -0.25) is 0 Å². The van der Waals surface area contributed by atoms with Crippen LogP contribution in [-0.4, -0.2) is 34.1 Å². The molecular formula is C11H17BrN2O3S2. The quantitative estimate of drug-likeness (QED) is 0.568. The third-order valence-corrected chi connectivity index (χ3v) is 5.26. The minimum atomic E-state index is -3.61. The molecule has 0 aromatic heterocycles. The number of methoxy groups -OCH3 is 1. The molecule has 108 valence electrons. The molecule has 0 saturated carbocycles. The van der Waals surface area contributed by atoms with E-state index < -0.39 is 10.0 Å². The van der Waals surface area contributed by atoms with Crippen molar-refractivity contribution in [2.24, 2.45) is 0 Å². The molecule has 3 N–H and O–H groups in total. The maximum Gasteiger partial charge on any atom is 0.244 e. The van der Waals surface area contributed by atoms with E-state index in [1.54, 1.807) is 17.8 Å². The van der Waals surface area contributed by atoms with Gasteiger partial charge in [0, 0.05) is 16.7 Å². The Hall–Kier alpha value is -0.440. The van der Waals surface area contributed by atoms with Crippen LogP contribution in [-0.2, 0) is 10.0 Å². The highest BCUT2D eigenvalue weighted by Gasteiger charge is 2.20. The number of rotatable bonds is 7. The van der Waals surface area contributed by atoms with Crippen LogP contribution in [0.15, 0.2) is 21.5 Å². The highest BCUT2D eigenvalue weighted by Crippen LogP contribution is 2.32. The Morgan fingerprint density at radius 1 is 1.47 bits per heavy atom. The Bertz CT molecular complexity index is 535. The summed E-state index contributed by atoms with van der Waals surface area (Å²) in [6, 6.07) is 2.94. The molecule has 0 amide bonds. The minimum absolute atomic E-state index is 0.0554. The third kappa shape index (κ3) is 4.55. The lowest BCUT2D eigenvalue weighted by Gasteiger charge is -2.12. The number of benzene rings is 1. The zero-order valence-electron chi connectivity index (χ0n) is 10.8. The number of anilines is 1. The van der Waals surface area contributed by atoms with Crippen molar-refractivity contribution in [1.82, 2.24) is 4.72 Å². The highest BCUT2D eigenvalue weighted by molar-refractivity contribution is 9.10. The van der Waals surface area contributed by atoms with Crippen LogP contribution in [0.1, 0.15) is 6.42 Å². The van der Waals surface area contributed by atoms with Gasteiger partial charge in [0.25, 0.3) is 0 Å². The number of halogens is 1. The number of hydrogen-bond donors (Lipinski definition) is 2. The first-order valence-electron chi connectivity index (χ1n) is 5.54. The predicted molar refractivity (Wildman–Crippen MR) is 83.3 cm³/mol. The fraction of sp³-hybridized carbons (Fsp3) is 0.455. The summed E-state index contributed by atoms with van der Waals surface area (Å²) in [5.41, 5.74) is 6.07. The lowest BCUT2D eigenvalue weighted by Crippen LogP contribution is -2.25. The molecule has 0 aliphatic heterocycles. The molecule has 19 heavy (non-hydrogen) atoms. The number of hydrogen-bond acceptors (Lipinski definition) is 5. The van der Waals surface area contributed by atoms with Crippen LogP contribution in [0.5, 0.6) is 5.75 Å². The second kappa shape index (κ2) is 7.37. The van der Waals surface area contributed by atoms with Crippen molar-refractivity contribution >= 4 is 43.4 Å². The van der Waals surface area contributed by atoms with Crippen molar-refractivity contribution in [2.75, 3.05) is 31.4 Å². The van der Waals surface area contributed by atoms with Crippen molar-refractivity contribution in [1.29, 1.82) is 0 Å². The van der Waals surface area contributed by atoms with E-state index in [1.807, 2.05) is 6.26 Å². The average Bonchev–Trinajstić information content (AvgIpc) is 2.37. The maximum atomic E-state index is 12.2. The molecule has 8 heteroatoms. The third-order valence-electron chi connectivity index (χ3n) is 2.39. The summed E-state index contributed by atoms with van der Waals surface area (Å²) in [6.07, 6.45) is 2.75. The average molecular weight is 369 g/mol. The molecule has 0 aliphatic rings. The van der Waals surface area contributed by atoms with Crippen LogP contribution in [0.4, 0.5) is 5.69 Å².